The van der Waals surface area contributed by atoms with Crippen LogP contribution in [0.4, 0.5) is 5.69 Å². The second kappa shape index (κ2) is 3.48. The molecule has 68 valence electrons. The van der Waals surface area contributed by atoms with Crippen LogP contribution in [0, 0.1) is 0 Å². The molecule has 0 fully saturated rings. The van der Waals surface area contributed by atoms with E-state index < -0.39 is 0 Å². The van der Waals surface area contributed by atoms with E-state index in [1.165, 1.54) is 16.8 Å². The van der Waals surface area contributed by atoms with Crippen LogP contribution in [-0.2, 0) is 13.0 Å². The van der Waals surface area contributed by atoms with Gasteiger partial charge in [0.05, 0.1) is 5.69 Å². The largest absolute Gasteiger partial charge is 0.257 e. The highest BCUT2D eigenvalue weighted by molar-refractivity contribution is 6.13. The standard InChI is InChI=1S/C10H11ClN2/c1-7-4-9-3-2-8(6-12-11)5-10(9)13-7/h2-3,5,12H,4,6H2,1H3. The molecule has 0 unspecified atom stereocenters. The molecular weight excluding hydrogens is 184 g/mol. The molecule has 1 aliphatic heterocycles. The minimum Gasteiger partial charge on any atom is -0.257 e. The molecule has 0 amide bonds. The molecular formula is C10H11ClN2. The summed E-state index contributed by atoms with van der Waals surface area (Å²) in [7, 11) is 0. The summed E-state index contributed by atoms with van der Waals surface area (Å²) in [6.45, 7) is 2.74. The summed E-state index contributed by atoms with van der Waals surface area (Å²) in [4.78, 5) is 7.05. The highest BCUT2D eigenvalue weighted by Crippen LogP contribution is 2.27. The van der Waals surface area contributed by atoms with Crippen LogP contribution in [0.15, 0.2) is 23.2 Å². The van der Waals surface area contributed by atoms with Crippen LogP contribution in [0.1, 0.15) is 18.1 Å². The average molecular weight is 195 g/mol. The van der Waals surface area contributed by atoms with E-state index in [0.717, 1.165) is 12.1 Å². The number of aliphatic imine (C=N–C) groups is 1. The number of fused-ring (bicyclic) bond motifs is 1. The molecule has 0 aromatic heterocycles. The van der Waals surface area contributed by atoms with E-state index in [9.17, 15) is 0 Å². The zero-order valence-corrected chi connectivity index (χ0v) is 8.23. The van der Waals surface area contributed by atoms with Crippen LogP contribution in [0.5, 0.6) is 0 Å². The van der Waals surface area contributed by atoms with E-state index in [1.807, 2.05) is 0 Å². The molecule has 0 radical (unpaired) electrons. The van der Waals surface area contributed by atoms with Crippen molar-refractivity contribution in [1.82, 2.24) is 4.84 Å². The van der Waals surface area contributed by atoms with Crippen LogP contribution in [-0.4, -0.2) is 5.71 Å². The predicted octanol–water partition coefficient (Wildman–Crippen LogP) is 2.58. The van der Waals surface area contributed by atoms with Gasteiger partial charge in [-0.05, 0) is 35.9 Å². The van der Waals surface area contributed by atoms with Gasteiger partial charge in [-0.25, -0.2) is 4.84 Å². The molecule has 0 saturated carbocycles. The molecule has 2 rings (SSSR count). The number of nitrogens with zero attached hydrogens (tertiary/aromatic N) is 1. The van der Waals surface area contributed by atoms with Gasteiger partial charge in [0.1, 0.15) is 0 Å². The minimum absolute atomic E-state index is 0.684. The van der Waals surface area contributed by atoms with Gasteiger partial charge in [0.25, 0.3) is 0 Å². The van der Waals surface area contributed by atoms with Crippen molar-refractivity contribution in [2.45, 2.75) is 19.9 Å². The van der Waals surface area contributed by atoms with Crippen molar-refractivity contribution in [3.05, 3.63) is 29.3 Å². The lowest BCUT2D eigenvalue weighted by Gasteiger charge is -2.01. The first-order chi connectivity index (χ1) is 6.29. The predicted molar refractivity (Wildman–Crippen MR) is 55.6 cm³/mol. The lowest BCUT2D eigenvalue weighted by atomic mass is 10.1. The zero-order chi connectivity index (χ0) is 9.26. The van der Waals surface area contributed by atoms with Crippen LogP contribution in [0.2, 0.25) is 0 Å². The average Bonchev–Trinajstić information content (AvgIpc) is 2.44. The maximum atomic E-state index is 5.43. The second-order valence-corrected chi connectivity index (χ2v) is 3.56. The second-order valence-electron chi connectivity index (χ2n) is 3.30. The van der Waals surface area contributed by atoms with E-state index in [2.05, 4.69) is 35.0 Å². The van der Waals surface area contributed by atoms with Crippen molar-refractivity contribution >= 4 is 23.2 Å². The first-order valence-corrected chi connectivity index (χ1v) is 4.67. The normalized spacial score (nSPS) is 14.2. The third kappa shape index (κ3) is 1.74. The maximum absolute atomic E-state index is 5.43. The highest BCUT2D eigenvalue weighted by Gasteiger charge is 2.10. The fraction of sp³-hybridized carbons (Fsp3) is 0.300. The molecule has 2 nitrogen and oxygen atoms in total. The van der Waals surface area contributed by atoms with Crippen LogP contribution < -0.4 is 4.84 Å². The van der Waals surface area contributed by atoms with Gasteiger partial charge in [0.2, 0.25) is 0 Å². The summed E-state index contributed by atoms with van der Waals surface area (Å²) in [5.41, 5.74) is 4.77. The van der Waals surface area contributed by atoms with E-state index in [0.29, 0.717) is 6.54 Å². The summed E-state index contributed by atoms with van der Waals surface area (Å²) < 4.78 is 0. The Balaban J connectivity index is 2.32. The Labute approximate surface area is 82.7 Å². The molecule has 0 bridgehead atoms. The van der Waals surface area contributed by atoms with Gasteiger partial charge in [-0.1, -0.05) is 12.1 Å². The van der Waals surface area contributed by atoms with Gasteiger partial charge in [-0.3, -0.25) is 4.99 Å². The Morgan fingerprint density at radius 1 is 1.54 bits per heavy atom. The van der Waals surface area contributed by atoms with Gasteiger partial charge in [0, 0.05) is 18.7 Å². The minimum atomic E-state index is 0.684. The number of hydrogen-bond acceptors (Lipinski definition) is 2. The summed E-state index contributed by atoms with van der Waals surface area (Å²) in [5, 5.41) is 0. The quantitative estimate of drug-likeness (QED) is 0.720. The summed E-state index contributed by atoms with van der Waals surface area (Å²) in [6, 6.07) is 6.29. The fourth-order valence-electron chi connectivity index (χ4n) is 1.57. The fourth-order valence-corrected chi connectivity index (χ4v) is 1.73. The Hall–Kier alpha value is -0.860. The number of halogens is 1. The summed E-state index contributed by atoms with van der Waals surface area (Å²) in [5.74, 6) is 0. The molecule has 1 heterocycles. The smallest absolute Gasteiger partial charge is 0.0668 e. The van der Waals surface area contributed by atoms with Crippen LogP contribution in [0.3, 0.4) is 0 Å². The van der Waals surface area contributed by atoms with Crippen molar-refractivity contribution in [3.63, 3.8) is 0 Å². The Morgan fingerprint density at radius 3 is 3.15 bits per heavy atom. The molecule has 0 saturated heterocycles. The Kier molecular flexibility index (Phi) is 2.34. The maximum Gasteiger partial charge on any atom is 0.0668 e. The van der Waals surface area contributed by atoms with E-state index in [-0.39, 0.29) is 0 Å². The third-order valence-electron chi connectivity index (χ3n) is 2.18. The molecule has 0 atom stereocenters. The van der Waals surface area contributed by atoms with Crippen molar-refractivity contribution in [1.29, 1.82) is 0 Å². The molecule has 3 heteroatoms. The summed E-state index contributed by atoms with van der Waals surface area (Å²) >= 11 is 5.43. The first-order valence-electron chi connectivity index (χ1n) is 4.29. The van der Waals surface area contributed by atoms with Gasteiger partial charge in [-0.2, -0.15) is 0 Å². The molecule has 1 aromatic rings. The number of hydrogen-bond donors (Lipinski definition) is 1. The Bertz CT molecular complexity index is 358. The third-order valence-corrected chi connectivity index (χ3v) is 2.31. The van der Waals surface area contributed by atoms with Crippen molar-refractivity contribution in [2.24, 2.45) is 4.99 Å². The monoisotopic (exact) mass is 194 g/mol. The van der Waals surface area contributed by atoms with Crippen LogP contribution in [0.25, 0.3) is 0 Å². The lowest BCUT2D eigenvalue weighted by Crippen LogP contribution is -1.97. The van der Waals surface area contributed by atoms with E-state index in [1.54, 1.807) is 0 Å². The van der Waals surface area contributed by atoms with E-state index in [4.69, 9.17) is 11.8 Å². The van der Waals surface area contributed by atoms with Gasteiger partial charge >= 0.3 is 0 Å². The molecule has 1 aromatic carbocycles. The van der Waals surface area contributed by atoms with Gasteiger partial charge in [-0.15, -0.1) is 0 Å². The Morgan fingerprint density at radius 2 is 2.38 bits per heavy atom. The molecule has 1 N–H and O–H groups in total. The highest BCUT2D eigenvalue weighted by atomic mass is 35.5. The number of nitrogens with one attached hydrogen (secondary N) is 1. The van der Waals surface area contributed by atoms with Crippen molar-refractivity contribution < 1.29 is 0 Å². The first kappa shape index (κ1) is 8.73. The zero-order valence-electron chi connectivity index (χ0n) is 7.47. The van der Waals surface area contributed by atoms with Gasteiger partial charge in [0.15, 0.2) is 0 Å². The van der Waals surface area contributed by atoms with Crippen LogP contribution >= 0.6 is 11.8 Å². The van der Waals surface area contributed by atoms with Gasteiger partial charge < -0.3 is 0 Å². The molecule has 1 aliphatic rings. The molecule has 0 spiro atoms. The van der Waals surface area contributed by atoms with Crippen molar-refractivity contribution in [2.75, 3.05) is 0 Å². The molecule has 13 heavy (non-hydrogen) atoms. The van der Waals surface area contributed by atoms with E-state index >= 15 is 0 Å². The lowest BCUT2D eigenvalue weighted by molar-refractivity contribution is 0.963. The SMILES string of the molecule is CC1=Nc2cc(CNCl)ccc2C1. The molecule has 0 aliphatic carbocycles. The number of rotatable bonds is 2. The summed E-state index contributed by atoms with van der Waals surface area (Å²) in [6.07, 6.45) is 0.990. The van der Waals surface area contributed by atoms with Crippen molar-refractivity contribution in [3.8, 4) is 0 Å². The number of benzene rings is 1. The topological polar surface area (TPSA) is 24.4 Å².